The number of hydrogen-bond acceptors (Lipinski definition) is 5. The molecule has 0 fully saturated rings. The van der Waals surface area contributed by atoms with Gasteiger partial charge >= 0.3 is 18.1 Å². The molecule has 9 heteroatoms. The summed E-state index contributed by atoms with van der Waals surface area (Å²) >= 11 is 0. The van der Waals surface area contributed by atoms with E-state index in [0.717, 1.165) is 0 Å². The van der Waals surface area contributed by atoms with E-state index in [0.29, 0.717) is 11.8 Å². The largest absolute Gasteiger partial charge is 0.460 e. The molecule has 1 N–H and O–H groups in total. The van der Waals surface area contributed by atoms with Crippen molar-refractivity contribution in [2.24, 2.45) is 0 Å². The van der Waals surface area contributed by atoms with Gasteiger partial charge in [-0.25, -0.2) is 0 Å². The Bertz CT molecular complexity index is 563. The highest BCUT2D eigenvalue weighted by Gasteiger charge is 2.08. The van der Waals surface area contributed by atoms with E-state index >= 15 is 0 Å². The Balaban J connectivity index is 2.39. The molecule has 9 nitrogen and oxygen atoms in total. The molecule has 20 heavy (non-hydrogen) atoms. The van der Waals surface area contributed by atoms with Crippen molar-refractivity contribution in [2.45, 2.75) is 6.61 Å². The molecule has 1 amide bonds. The summed E-state index contributed by atoms with van der Waals surface area (Å²) in [4.78, 5) is 34.5. The molecule has 1 aromatic carbocycles. The van der Waals surface area contributed by atoms with Gasteiger partial charge in [0.1, 0.15) is 13.2 Å². The van der Waals surface area contributed by atoms with Crippen LogP contribution in [0.4, 0.5) is 5.69 Å². The first-order chi connectivity index (χ1) is 9.52. The topological polar surface area (TPSA) is 135 Å². The van der Waals surface area contributed by atoms with Crippen molar-refractivity contribution in [3.05, 3.63) is 45.5 Å². The molecule has 104 valence electrons. The highest BCUT2D eigenvalue weighted by molar-refractivity contribution is 6.24. The molecule has 1 rings (SSSR count). The second-order valence-electron chi connectivity index (χ2n) is 3.55. The van der Waals surface area contributed by atoms with Crippen LogP contribution in [0.5, 0.6) is 0 Å². The number of hydrogen-bond donors (Lipinski definition) is 1. The quantitative estimate of drug-likeness (QED) is 0.196. The average Bonchev–Trinajstić information content (AvgIpc) is 2.43. The summed E-state index contributed by atoms with van der Waals surface area (Å²) in [6.07, 6.45) is 0.601. The molecule has 0 unspecified atom stereocenters. The number of rotatable bonds is 6. The van der Waals surface area contributed by atoms with Crippen LogP contribution in [-0.2, 0) is 20.9 Å². The number of carbonyl (C=O) groups is 2. The lowest BCUT2D eigenvalue weighted by molar-refractivity contribution is -0.384. The van der Waals surface area contributed by atoms with E-state index in [-0.39, 0.29) is 18.8 Å². The van der Waals surface area contributed by atoms with Crippen LogP contribution < -0.4 is 5.32 Å². The molecule has 0 saturated carbocycles. The fourth-order valence-electron chi connectivity index (χ4n) is 1.19. The molecule has 0 aliphatic carbocycles. The number of benzene rings is 1. The van der Waals surface area contributed by atoms with Gasteiger partial charge in [0.2, 0.25) is 0 Å². The minimum Gasteiger partial charge on any atom is -0.460 e. The Labute approximate surface area is 112 Å². The molecule has 0 heterocycles. The Morgan fingerprint density at radius 2 is 2.05 bits per heavy atom. The summed E-state index contributed by atoms with van der Waals surface area (Å²) in [5, 5.41) is 12.6. The van der Waals surface area contributed by atoms with E-state index in [1.807, 2.05) is 0 Å². The fourth-order valence-corrected chi connectivity index (χ4v) is 1.19. The van der Waals surface area contributed by atoms with Gasteiger partial charge in [0.15, 0.2) is 0 Å². The van der Waals surface area contributed by atoms with Crippen molar-refractivity contribution < 1.29 is 24.0 Å². The first kappa shape index (κ1) is 15.0. The highest BCUT2D eigenvalue weighted by Crippen LogP contribution is 2.12. The van der Waals surface area contributed by atoms with Crippen molar-refractivity contribution in [1.82, 2.24) is 5.32 Å². The highest BCUT2D eigenvalue weighted by atomic mass is 16.6. The van der Waals surface area contributed by atoms with Crippen molar-refractivity contribution >= 4 is 23.8 Å². The summed E-state index contributed by atoms with van der Waals surface area (Å²) in [6, 6.07) is 5.51. The van der Waals surface area contributed by atoms with Gasteiger partial charge in [-0.2, -0.15) is 4.79 Å². The molecule has 0 aliphatic rings. The van der Waals surface area contributed by atoms with Crippen molar-refractivity contribution in [1.29, 1.82) is 0 Å². The number of ether oxygens (including phenoxy) is 1. The van der Waals surface area contributed by atoms with E-state index in [2.05, 4.69) is 10.1 Å². The van der Waals surface area contributed by atoms with Gasteiger partial charge in [-0.15, -0.1) is 0 Å². The van der Waals surface area contributed by atoms with Gasteiger partial charge in [0.05, 0.1) is 4.92 Å². The number of non-ortho nitro benzene ring substituents is 1. The zero-order valence-corrected chi connectivity index (χ0v) is 10.2. The van der Waals surface area contributed by atoms with Gasteiger partial charge in [-0.05, 0) is 17.7 Å². The summed E-state index contributed by atoms with van der Waals surface area (Å²) in [7, 11) is 0. The van der Waals surface area contributed by atoms with Gasteiger partial charge in [-0.3, -0.25) is 19.7 Å². The van der Waals surface area contributed by atoms with E-state index in [1.165, 1.54) is 24.3 Å². The number of nitro groups is 1. The standard InChI is InChI=1S/C11H10N4O5/c12-14-5-10(16)13-6-11(17)20-7-8-1-3-9(4-2-8)15(18)19/h1-5H,6-7H2,(H,13,16). The molecular weight excluding hydrogens is 268 g/mol. The van der Waals surface area contributed by atoms with E-state index in [9.17, 15) is 19.7 Å². The number of nitro benzene ring substituents is 1. The normalized spacial score (nSPS) is 9.20. The van der Waals surface area contributed by atoms with Gasteiger partial charge in [-0.1, -0.05) is 0 Å². The zero-order chi connectivity index (χ0) is 15.0. The SMILES string of the molecule is [N-]=[N+]=CC(=O)NCC(=O)OCc1ccc([N+](=O)[O-])cc1. The van der Waals surface area contributed by atoms with Crippen molar-refractivity contribution in [3.63, 3.8) is 0 Å². The maximum absolute atomic E-state index is 11.2. The zero-order valence-electron chi connectivity index (χ0n) is 10.2. The molecule has 0 aliphatic heterocycles. The lowest BCUT2D eigenvalue weighted by Crippen LogP contribution is -2.31. The second-order valence-corrected chi connectivity index (χ2v) is 3.55. The summed E-state index contributed by atoms with van der Waals surface area (Å²) in [5.41, 5.74) is 8.58. The average molecular weight is 278 g/mol. The van der Waals surface area contributed by atoms with Gasteiger partial charge < -0.3 is 15.6 Å². The summed E-state index contributed by atoms with van der Waals surface area (Å²) in [6.45, 7) is -0.446. The lowest BCUT2D eigenvalue weighted by Gasteiger charge is -2.04. The number of amides is 1. The molecule has 0 aromatic heterocycles. The molecule has 1 aromatic rings. The molecule has 0 atom stereocenters. The van der Waals surface area contributed by atoms with Gasteiger partial charge in [0, 0.05) is 12.1 Å². The van der Waals surface area contributed by atoms with E-state index < -0.39 is 16.8 Å². The molecule has 0 bridgehead atoms. The first-order valence-electron chi connectivity index (χ1n) is 5.37. The fraction of sp³-hybridized carbons (Fsp3) is 0.182. The predicted octanol–water partition coefficient (Wildman–Crippen LogP) is 0.0548. The third-order valence-corrected chi connectivity index (χ3v) is 2.13. The first-order valence-corrected chi connectivity index (χ1v) is 5.37. The third-order valence-electron chi connectivity index (χ3n) is 2.13. The van der Waals surface area contributed by atoms with Crippen LogP contribution in [0, 0.1) is 10.1 Å². The molecular formula is C11H10N4O5. The Hall–Kier alpha value is -3.06. The van der Waals surface area contributed by atoms with Crippen LogP contribution in [0.3, 0.4) is 0 Å². The smallest absolute Gasteiger partial charge is 0.344 e. The van der Waals surface area contributed by atoms with Crippen molar-refractivity contribution in [3.8, 4) is 0 Å². The monoisotopic (exact) mass is 278 g/mol. The van der Waals surface area contributed by atoms with Crippen molar-refractivity contribution in [2.75, 3.05) is 6.54 Å². The van der Waals surface area contributed by atoms with Crippen LogP contribution >= 0.6 is 0 Å². The Morgan fingerprint density at radius 1 is 1.40 bits per heavy atom. The molecule has 0 radical (unpaired) electrons. The maximum Gasteiger partial charge on any atom is 0.344 e. The van der Waals surface area contributed by atoms with E-state index in [1.54, 1.807) is 0 Å². The minimum absolute atomic E-state index is 0.0596. The predicted molar refractivity (Wildman–Crippen MR) is 65.6 cm³/mol. The summed E-state index contributed by atoms with van der Waals surface area (Å²) < 4.78 is 4.83. The summed E-state index contributed by atoms with van der Waals surface area (Å²) in [5.74, 6) is -1.43. The van der Waals surface area contributed by atoms with E-state index in [4.69, 9.17) is 10.3 Å². The maximum atomic E-state index is 11.2. The van der Waals surface area contributed by atoms with Crippen LogP contribution in [0.15, 0.2) is 24.3 Å². The van der Waals surface area contributed by atoms with Gasteiger partial charge in [0.25, 0.3) is 5.69 Å². The minimum atomic E-state index is -0.736. The second kappa shape index (κ2) is 7.39. The van der Waals surface area contributed by atoms with Crippen LogP contribution in [0.1, 0.15) is 5.56 Å². The third kappa shape index (κ3) is 5.07. The Morgan fingerprint density at radius 3 is 2.60 bits per heavy atom. The van der Waals surface area contributed by atoms with Crippen LogP contribution in [0.2, 0.25) is 0 Å². The lowest BCUT2D eigenvalue weighted by atomic mass is 10.2. The number of carbonyl (C=O) groups excluding carboxylic acids is 2. The molecule has 0 saturated heterocycles. The number of nitrogens with one attached hydrogen (secondary N) is 1. The van der Waals surface area contributed by atoms with Crippen LogP contribution in [-0.4, -0.2) is 34.3 Å². The Kier molecular flexibility index (Phi) is 5.54. The number of esters is 1. The number of nitrogens with zero attached hydrogens (tertiary/aromatic N) is 3. The molecule has 0 spiro atoms. The van der Waals surface area contributed by atoms with Crippen LogP contribution in [0.25, 0.3) is 5.53 Å².